The number of hydrogen-bond acceptors (Lipinski definition) is 5. The van der Waals surface area contributed by atoms with Crippen LogP contribution in [0.4, 0.5) is 0 Å². The van der Waals surface area contributed by atoms with Crippen LogP contribution in [-0.4, -0.2) is 46.6 Å². The highest BCUT2D eigenvalue weighted by atomic mass is 16.5. The minimum absolute atomic E-state index is 0.260. The van der Waals surface area contributed by atoms with Gasteiger partial charge in [-0.2, -0.15) is 0 Å². The van der Waals surface area contributed by atoms with Gasteiger partial charge in [-0.1, -0.05) is 30.3 Å². The van der Waals surface area contributed by atoms with Gasteiger partial charge in [0.25, 0.3) is 0 Å². The van der Waals surface area contributed by atoms with Gasteiger partial charge in [0.1, 0.15) is 0 Å². The highest BCUT2D eigenvalue weighted by molar-refractivity contribution is 5.94. The Hall–Kier alpha value is -2.18. The smallest absolute Gasteiger partial charge is 0.359 e. The molecule has 0 saturated carbocycles. The molecule has 3 rings (SSSR count). The number of carbonyl (C=O) groups is 1. The van der Waals surface area contributed by atoms with Crippen LogP contribution in [0.5, 0.6) is 0 Å². The quantitative estimate of drug-likeness (QED) is 0.874. The summed E-state index contributed by atoms with van der Waals surface area (Å²) in [5, 5.41) is 10.3. The van der Waals surface area contributed by atoms with Crippen LogP contribution < -0.4 is 0 Å². The maximum Gasteiger partial charge on any atom is 0.359 e. The summed E-state index contributed by atoms with van der Waals surface area (Å²) in [6.07, 6.45) is 1.61. The van der Waals surface area contributed by atoms with Gasteiger partial charge < -0.3 is 19.1 Å². The van der Waals surface area contributed by atoms with Gasteiger partial charge in [-0.3, -0.25) is 0 Å². The van der Waals surface area contributed by atoms with Crippen molar-refractivity contribution in [2.24, 2.45) is 0 Å². The maximum atomic E-state index is 12.2. The number of hydrogen-bond donors (Lipinski definition) is 1. The number of imidazole rings is 1. The van der Waals surface area contributed by atoms with Gasteiger partial charge in [-0.15, -0.1) is 0 Å². The Bertz CT molecular complexity index is 668. The molecule has 2 atom stereocenters. The number of benzene rings is 1. The lowest BCUT2D eigenvalue weighted by Crippen LogP contribution is -2.34. The minimum atomic E-state index is -0.532. The van der Waals surface area contributed by atoms with Gasteiger partial charge in [-0.25, -0.2) is 9.78 Å². The molecule has 2 aromatic rings. The average Bonchev–Trinajstić information content (AvgIpc) is 3.01. The van der Waals surface area contributed by atoms with Crippen molar-refractivity contribution >= 4 is 5.97 Å². The molecule has 2 unspecified atom stereocenters. The third kappa shape index (κ3) is 3.13. The molecule has 2 heterocycles. The Morgan fingerprint density at radius 1 is 1.43 bits per heavy atom. The van der Waals surface area contributed by atoms with Gasteiger partial charge in [0, 0.05) is 12.2 Å². The lowest BCUT2D eigenvalue weighted by Gasteiger charge is -2.30. The van der Waals surface area contributed by atoms with E-state index in [9.17, 15) is 9.90 Å². The summed E-state index contributed by atoms with van der Waals surface area (Å²) >= 11 is 0. The van der Waals surface area contributed by atoms with E-state index in [0.29, 0.717) is 25.3 Å². The highest BCUT2D eigenvalue weighted by Crippen LogP contribution is 2.30. The molecule has 0 spiro atoms. The monoisotopic (exact) mass is 316 g/mol. The summed E-state index contributed by atoms with van der Waals surface area (Å²) in [6, 6.07) is 9.26. The van der Waals surface area contributed by atoms with Crippen LogP contribution in [0.1, 0.15) is 29.9 Å². The second kappa shape index (κ2) is 6.93. The fraction of sp³-hybridized carbons (Fsp3) is 0.412. The Kier molecular flexibility index (Phi) is 4.73. The number of esters is 1. The van der Waals surface area contributed by atoms with Crippen molar-refractivity contribution in [3.63, 3.8) is 0 Å². The van der Waals surface area contributed by atoms with Crippen molar-refractivity contribution in [3.05, 3.63) is 42.4 Å². The number of ether oxygens (including phenoxy) is 2. The van der Waals surface area contributed by atoms with Crippen molar-refractivity contribution in [1.29, 1.82) is 0 Å². The predicted octanol–water partition coefficient (Wildman–Crippen LogP) is 2.05. The van der Waals surface area contributed by atoms with E-state index in [1.165, 1.54) is 0 Å². The lowest BCUT2D eigenvalue weighted by atomic mass is 10.0. The number of rotatable bonds is 4. The molecule has 23 heavy (non-hydrogen) atoms. The third-order valence-electron chi connectivity index (χ3n) is 3.96. The Morgan fingerprint density at radius 2 is 2.22 bits per heavy atom. The average molecular weight is 316 g/mol. The molecule has 1 N–H and O–H groups in total. The zero-order valence-electron chi connectivity index (χ0n) is 13.0. The van der Waals surface area contributed by atoms with Crippen molar-refractivity contribution in [1.82, 2.24) is 9.55 Å². The Morgan fingerprint density at radius 3 is 2.91 bits per heavy atom. The summed E-state index contributed by atoms with van der Waals surface area (Å²) in [4.78, 5) is 16.5. The summed E-state index contributed by atoms with van der Waals surface area (Å²) in [7, 11) is 0. The number of aliphatic hydroxyl groups is 1. The van der Waals surface area contributed by atoms with E-state index in [4.69, 9.17) is 9.47 Å². The van der Waals surface area contributed by atoms with E-state index in [0.717, 1.165) is 5.56 Å². The molecule has 0 bridgehead atoms. The summed E-state index contributed by atoms with van der Waals surface area (Å²) in [6.45, 7) is 2.97. The standard InChI is InChI=1S/C17H20N2O4/c1-2-23-17(21)15-16(12-6-4-3-5-7-12)19(11-18-15)13-10-22-9-8-14(13)20/h3-7,11,13-14,20H,2,8-10H2,1H3. The first-order valence-corrected chi connectivity index (χ1v) is 7.77. The summed E-state index contributed by atoms with van der Waals surface area (Å²) < 4.78 is 12.4. The predicted molar refractivity (Wildman–Crippen MR) is 84.1 cm³/mol. The van der Waals surface area contributed by atoms with Crippen LogP contribution in [0.15, 0.2) is 36.7 Å². The van der Waals surface area contributed by atoms with Crippen LogP contribution in [0.2, 0.25) is 0 Å². The Labute approximate surface area is 134 Å². The zero-order chi connectivity index (χ0) is 16.2. The van der Waals surface area contributed by atoms with Crippen LogP contribution in [0.3, 0.4) is 0 Å². The molecule has 122 valence electrons. The second-order valence-electron chi connectivity index (χ2n) is 5.43. The third-order valence-corrected chi connectivity index (χ3v) is 3.96. The number of aromatic nitrogens is 2. The van der Waals surface area contributed by atoms with E-state index in [1.54, 1.807) is 13.3 Å². The van der Waals surface area contributed by atoms with Gasteiger partial charge in [0.05, 0.1) is 37.4 Å². The molecule has 1 aliphatic rings. The van der Waals surface area contributed by atoms with Crippen molar-refractivity contribution in [2.75, 3.05) is 19.8 Å². The minimum Gasteiger partial charge on any atom is -0.461 e. The molecule has 6 nitrogen and oxygen atoms in total. The normalized spacial score (nSPS) is 21.1. The van der Waals surface area contributed by atoms with Crippen LogP contribution in [-0.2, 0) is 9.47 Å². The molecule has 1 aromatic heterocycles. The SMILES string of the molecule is CCOC(=O)c1ncn(C2COCCC2O)c1-c1ccccc1. The number of carbonyl (C=O) groups excluding carboxylic acids is 1. The Balaban J connectivity index is 2.07. The molecular formula is C17H20N2O4. The lowest BCUT2D eigenvalue weighted by molar-refractivity contribution is -0.0286. The summed E-state index contributed by atoms with van der Waals surface area (Å²) in [5.74, 6) is -0.462. The molecule has 6 heteroatoms. The fourth-order valence-corrected chi connectivity index (χ4v) is 2.82. The zero-order valence-corrected chi connectivity index (χ0v) is 13.0. The largest absolute Gasteiger partial charge is 0.461 e. The van der Waals surface area contributed by atoms with E-state index in [1.807, 2.05) is 34.9 Å². The van der Waals surface area contributed by atoms with E-state index >= 15 is 0 Å². The fourth-order valence-electron chi connectivity index (χ4n) is 2.82. The van der Waals surface area contributed by atoms with E-state index in [2.05, 4.69) is 4.98 Å². The van der Waals surface area contributed by atoms with Crippen LogP contribution in [0.25, 0.3) is 11.3 Å². The molecule has 1 aromatic carbocycles. The molecule has 1 aliphatic heterocycles. The van der Waals surface area contributed by atoms with Gasteiger partial charge in [-0.05, 0) is 13.3 Å². The molecule has 0 radical (unpaired) electrons. The number of nitrogens with zero attached hydrogens (tertiary/aromatic N) is 2. The van der Waals surface area contributed by atoms with Crippen molar-refractivity contribution < 1.29 is 19.4 Å². The van der Waals surface area contributed by atoms with E-state index < -0.39 is 12.1 Å². The van der Waals surface area contributed by atoms with Gasteiger partial charge >= 0.3 is 5.97 Å². The van der Waals surface area contributed by atoms with Crippen molar-refractivity contribution in [3.8, 4) is 11.3 Å². The molecular weight excluding hydrogens is 296 g/mol. The first kappa shape index (κ1) is 15.7. The first-order valence-electron chi connectivity index (χ1n) is 7.77. The molecule has 0 amide bonds. The topological polar surface area (TPSA) is 73.6 Å². The second-order valence-corrected chi connectivity index (χ2v) is 5.43. The van der Waals surface area contributed by atoms with Crippen LogP contribution in [0, 0.1) is 0 Å². The number of aliphatic hydroxyl groups excluding tert-OH is 1. The highest BCUT2D eigenvalue weighted by Gasteiger charge is 2.30. The molecule has 1 fully saturated rings. The van der Waals surface area contributed by atoms with Crippen molar-refractivity contribution in [2.45, 2.75) is 25.5 Å². The van der Waals surface area contributed by atoms with Crippen LogP contribution >= 0.6 is 0 Å². The van der Waals surface area contributed by atoms with Gasteiger partial charge in [0.15, 0.2) is 5.69 Å². The van der Waals surface area contributed by atoms with Gasteiger partial charge in [0.2, 0.25) is 0 Å². The van der Waals surface area contributed by atoms with E-state index in [-0.39, 0.29) is 18.3 Å². The molecule has 0 aliphatic carbocycles. The maximum absolute atomic E-state index is 12.2. The summed E-state index contributed by atoms with van der Waals surface area (Å²) in [5.41, 5.74) is 1.76. The molecule has 1 saturated heterocycles. The first-order chi connectivity index (χ1) is 11.2.